The number of hydrogen-bond donors (Lipinski definition) is 1. The van der Waals surface area contributed by atoms with E-state index in [-0.39, 0.29) is 0 Å². The number of nitrogens with one attached hydrogen (secondary N) is 1. The first-order valence-corrected chi connectivity index (χ1v) is 7.27. The highest BCUT2D eigenvalue weighted by Crippen LogP contribution is 2.32. The van der Waals surface area contributed by atoms with Gasteiger partial charge in [0.1, 0.15) is 13.2 Å². The van der Waals surface area contributed by atoms with E-state index in [4.69, 9.17) is 9.47 Å². The molecule has 19 heavy (non-hydrogen) atoms. The van der Waals surface area contributed by atoms with Crippen LogP contribution in [-0.4, -0.2) is 19.3 Å². The first kappa shape index (κ1) is 14.2. The number of ether oxygens (including phenoxy) is 2. The van der Waals surface area contributed by atoms with Crippen LogP contribution in [0.15, 0.2) is 18.2 Å². The molecule has 2 unspecified atom stereocenters. The fourth-order valence-corrected chi connectivity index (χ4v) is 2.53. The molecular weight excluding hydrogens is 238 g/mol. The van der Waals surface area contributed by atoms with E-state index in [1.54, 1.807) is 0 Å². The summed E-state index contributed by atoms with van der Waals surface area (Å²) >= 11 is 0. The molecule has 0 radical (unpaired) electrons. The zero-order valence-corrected chi connectivity index (χ0v) is 12.4. The quantitative estimate of drug-likeness (QED) is 0.881. The average molecular weight is 263 g/mol. The Balaban J connectivity index is 2.08. The lowest BCUT2D eigenvalue weighted by Gasteiger charge is -2.26. The number of hydrogen-bond acceptors (Lipinski definition) is 3. The fraction of sp³-hybridized carbons (Fsp3) is 0.625. The van der Waals surface area contributed by atoms with E-state index in [0.29, 0.717) is 31.2 Å². The molecule has 2 atom stereocenters. The lowest BCUT2D eigenvalue weighted by atomic mass is 9.99. The maximum Gasteiger partial charge on any atom is 0.161 e. The van der Waals surface area contributed by atoms with Crippen LogP contribution in [0.1, 0.15) is 45.7 Å². The highest BCUT2D eigenvalue weighted by molar-refractivity contribution is 5.44. The van der Waals surface area contributed by atoms with Gasteiger partial charge in [0.25, 0.3) is 0 Å². The summed E-state index contributed by atoms with van der Waals surface area (Å²) in [4.78, 5) is 0. The van der Waals surface area contributed by atoms with Crippen molar-refractivity contribution in [1.82, 2.24) is 5.32 Å². The van der Waals surface area contributed by atoms with E-state index < -0.39 is 0 Å². The topological polar surface area (TPSA) is 30.5 Å². The van der Waals surface area contributed by atoms with Crippen molar-refractivity contribution in [1.29, 1.82) is 0 Å². The molecule has 1 aliphatic heterocycles. The van der Waals surface area contributed by atoms with Crippen LogP contribution < -0.4 is 14.8 Å². The Kier molecular flexibility index (Phi) is 4.70. The van der Waals surface area contributed by atoms with Crippen LogP contribution in [0.5, 0.6) is 11.5 Å². The summed E-state index contributed by atoms with van der Waals surface area (Å²) in [5.41, 5.74) is 1.25. The van der Waals surface area contributed by atoms with Crippen LogP contribution in [0.3, 0.4) is 0 Å². The summed E-state index contributed by atoms with van der Waals surface area (Å²) in [5.74, 6) is 2.37. The van der Waals surface area contributed by atoms with Crippen molar-refractivity contribution in [3.05, 3.63) is 23.8 Å². The largest absolute Gasteiger partial charge is 0.486 e. The summed E-state index contributed by atoms with van der Waals surface area (Å²) in [6, 6.07) is 7.10. The van der Waals surface area contributed by atoms with Gasteiger partial charge in [-0.25, -0.2) is 0 Å². The minimum Gasteiger partial charge on any atom is -0.486 e. The second-order valence-corrected chi connectivity index (χ2v) is 5.55. The van der Waals surface area contributed by atoms with E-state index in [0.717, 1.165) is 17.9 Å². The highest BCUT2D eigenvalue weighted by atomic mass is 16.6. The van der Waals surface area contributed by atoms with Gasteiger partial charge >= 0.3 is 0 Å². The molecule has 1 aromatic rings. The standard InChI is InChI=1S/C16H25NO2/c1-5-14(11(2)3)17-12(4)13-6-7-15-16(10-13)19-9-8-18-15/h6-7,10-12,14,17H,5,8-9H2,1-4H3. The molecule has 0 saturated carbocycles. The predicted molar refractivity (Wildman–Crippen MR) is 77.9 cm³/mol. The monoisotopic (exact) mass is 263 g/mol. The van der Waals surface area contributed by atoms with Gasteiger partial charge in [-0.1, -0.05) is 26.8 Å². The van der Waals surface area contributed by atoms with E-state index in [1.807, 2.05) is 6.07 Å². The molecule has 3 heteroatoms. The summed E-state index contributed by atoms with van der Waals surface area (Å²) < 4.78 is 11.2. The third-order valence-corrected chi connectivity index (χ3v) is 3.77. The summed E-state index contributed by atoms with van der Waals surface area (Å²) in [6.45, 7) is 10.2. The van der Waals surface area contributed by atoms with E-state index in [9.17, 15) is 0 Å². The molecule has 0 bridgehead atoms. The Morgan fingerprint density at radius 2 is 1.79 bits per heavy atom. The Hall–Kier alpha value is -1.22. The van der Waals surface area contributed by atoms with Crippen LogP contribution in [0, 0.1) is 5.92 Å². The van der Waals surface area contributed by atoms with Crippen molar-refractivity contribution in [2.75, 3.05) is 13.2 Å². The van der Waals surface area contributed by atoms with Crippen LogP contribution >= 0.6 is 0 Å². The van der Waals surface area contributed by atoms with Gasteiger partial charge in [-0.2, -0.15) is 0 Å². The lowest BCUT2D eigenvalue weighted by Crippen LogP contribution is -2.35. The van der Waals surface area contributed by atoms with E-state index in [2.05, 4.69) is 45.1 Å². The molecule has 0 amide bonds. The molecule has 0 spiro atoms. The molecule has 1 N–H and O–H groups in total. The van der Waals surface area contributed by atoms with Gasteiger partial charge in [-0.05, 0) is 37.0 Å². The van der Waals surface area contributed by atoms with Crippen LogP contribution in [0.4, 0.5) is 0 Å². The van der Waals surface area contributed by atoms with Gasteiger partial charge in [0, 0.05) is 12.1 Å². The average Bonchev–Trinajstić information content (AvgIpc) is 2.43. The summed E-state index contributed by atoms with van der Waals surface area (Å²) in [5, 5.41) is 3.69. The maximum atomic E-state index is 5.64. The SMILES string of the molecule is CCC(NC(C)c1ccc2c(c1)OCCO2)C(C)C. The molecule has 1 heterocycles. The van der Waals surface area contributed by atoms with E-state index >= 15 is 0 Å². The van der Waals surface area contributed by atoms with Crippen LogP contribution in [-0.2, 0) is 0 Å². The zero-order chi connectivity index (χ0) is 13.8. The third kappa shape index (κ3) is 3.41. The van der Waals surface area contributed by atoms with Gasteiger partial charge in [-0.15, -0.1) is 0 Å². The Morgan fingerprint density at radius 1 is 1.11 bits per heavy atom. The van der Waals surface area contributed by atoms with Crippen LogP contribution in [0.2, 0.25) is 0 Å². The van der Waals surface area contributed by atoms with Crippen molar-refractivity contribution < 1.29 is 9.47 Å². The van der Waals surface area contributed by atoms with Gasteiger partial charge < -0.3 is 14.8 Å². The smallest absolute Gasteiger partial charge is 0.161 e. The minimum absolute atomic E-state index is 0.322. The molecular formula is C16H25NO2. The highest BCUT2D eigenvalue weighted by Gasteiger charge is 2.17. The molecule has 1 aliphatic rings. The fourth-order valence-electron chi connectivity index (χ4n) is 2.53. The summed E-state index contributed by atoms with van der Waals surface area (Å²) in [7, 11) is 0. The first-order chi connectivity index (χ1) is 9.11. The van der Waals surface area contributed by atoms with Crippen molar-refractivity contribution >= 4 is 0 Å². The number of benzene rings is 1. The predicted octanol–water partition coefficient (Wildman–Crippen LogP) is 3.54. The first-order valence-electron chi connectivity index (χ1n) is 7.27. The van der Waals surface area contributed by atoms with Gasteiger partial charge in [-0.3, -0.25) is 0 Å². The lowest BCUT2D eigenvalue weighted by molar-refractivity contribution is 0.171. The molecule has 0 saturated heterocycles. The Morgan fingerprint density at radius 3 is 2.42 bits per heavy atom. The molecule has 106 valence electrons. The molecule has 0 aromatic heterocycles. The second kappa shape index (κ2) is 6.29. The Bertz CT molecular complexity index is 417. The Labute approximate surface area is 116 Å². The normalized spacial score (nSPS) is 17.3. The maximum absolute atomic E-state index is 5.64. The van der Waals surface area contributed by atoms with Gasteiger partial charge in [0.2, 0.25) is 0 Å². The molecule has 2 rings (SSSR count). The van der Waals surface area contributed by atoms with E-state index in [1.165, 1.54) is 5.56 Å². The van der Waals surface area contributed by atoms with Gasteiger partial charge in [0.15, 0.2) is 11.5 Å². The summed E-state index contributed by atoms with van der Waals surface area (Å²) in [6.07, 6.45) is 1.15. The zero-order valence-electron chi connectivity index (χ0n) is 12.4. The molecule has 0 fully saturated rings. The van der Waals surface area contributed by atoms with Crippen molar-refractivity contribution in [3.63, 3.8) is 0 Å². The number of fused-ring (bicyclic) bond motifs is 1. The van der Waals surface area contributed by atoms with Gasteiger partial charge in [0.05, 0.1) is 0 Å². The third-order valence-electron chi connectivity index (χ3n) is 3.77. The van der Waals surface area contributed by atoms with Crippen molar-refractivity contribution in [3.8, 4) is 11.5 Å². The number of rotatable bonds is 5. The van der Waals surface area contributed by atoms with Crippen molar-refractivity contribution in [2.45, 2.75) is 46.2 Å². The molecule has 1 aromatic carbocycles. The van der Waals surface area contributed by atoms with Crippen molar-refractivity contribution in [2.24, 2.45) is 5.92 Å². The minimum atomic E-state index is 0.322. The van der Waals surface area contributed by atoms with Crippen LogP contribution in [0.25, 0.3) is 0 Å². The molecule has 3 nitrogen and oxygen atoms in total. The molecule has 0 aliphatic carbocycles. The second-order valence-electron chi connectivity index (χ2n) is 5.55.